The highest BCUT2D eigenvalue weighted by Gasteiger charge is 2.44. The van der Waals surface area contributed by atoms with Crippen LogP contribution in [0, 0.1) is 0 Å². The smallest absolute Gasteiger partial charge is 0.351 e. The number of aliphatic hydroxyl groups excluding tert-OH is 1. The summed E-state index contributed by atoms with van der Waals surface area (Å²) in [4.78, 5) is 33.0. The van der Waals surface area contributed by atoms with E-state index in [4.69, 9.17) is 25.0 Å². The molecule has 0 bridgehead atoms. The molecule has 1 aromatic heterocycles. The van der Waals surface area contributed by atoms with Gasteiger partial charge in [0.15, 0.2) is 6.23 Å². The first-order valence-corrected chi connectivity index (χ1v) is 7.86. The van der Waals surface area contributed by atoms with Crippen LogP contribution in [0.1, 0.15) is 6.23 Å². The van der Waals surface area contributed by atoms with Gasteiger partial charge in [0.1, 0.15) is 24.1 Å². The van der Waals surface area contributed by atoms with Crippen molar-refractivity contribution in [1.82, 2.24) is 9.55 Å². The third-order valence-electron chi connectivity index (χ3n) is 3.12. The molecule has 4 atom stereocenters. The Morgan fingerprint density at radius 1 is 1.55 bits per heavy atom. The largest absolute Gasteiger partial charge is 0.387 e. The molecule has 0 aliphatic carbocycles. The molecule has 10 nitrogen and oxygen atoms in total. The number of anilines is 1. The molecule has 0 spiro atoms. The third kappa shape index (κ3) is 3.61. The first-order valence-electron chi connectivity index (χ1n) is 6.18. The molecule has 0 saturated carbocycles. The highest BCUT2D eigenvalue weighted by molar-refractivity contribution is 7.55. The van der Waals surface area contributed by atoms with Crippen LogP contribution >= 0.6 is 7.60 Å². The van der Waals surface area contributed by atoms with Crippen LogP contribution < -0.4 is 11.4 Å². The van der Waals surface area contributed by atoms with Gasteiger partial charge in [-0.05, 0) is 12.1 Å². The second-order valence-corrected chi connectivity index (χ2v) is 6.13. The average molecular weight is 333 g/mol. The van der Waals surface area contributed by atoms with E-state index < -0.39 is 37.8 Å². The van der Waals surface area contributed by atoms with Crippen molar-refractivity contribution in [3.63, 3.8) is 0 Å². The highest BCUT2D eigenvalue weighted by Crippen LogP contribution is 2.38. The number of hydrogen-bond acceptors (Lipinski definition) is 7. The van der Waals surface area contributed by atoms with Gasteiger partial charge in [-0.2, -0.15) is 4.98 Å². The molecule has 2 heterocycles. The number of hydrogen-bond donors (Lipinski definition) is 4. The molecule has 1 aliphatic heterocycles. The van der Waals surface area contributed by atoms with Crippen LogP contribution in [0.4, 0.5) is 5.82 Å². The lowest BCUT2D eigenvalue weighted by molar-refractivity contribution is -0.0490. The van der Waals surface area contributed by atoms with E-state index in [0.29, 0.717) is 5.82 Å². The fraction of sp³-hybridized carbons (Fsp3) is 0.455. The van der Waals surface area contributed by atoms with Crippen LogP contribution in [0.2, 0.25) is 0 Å². The predicted octanol–water partition coefficient (Wildman–Crippen LogP) is -1.21. The Kier molecular flexibility index (Phi) is 4.81. The van der Waals surface area contributed by atoms with Gasteiger partial charge in [-0.3, -0.25) is 9.13 Å². The Morgan fingerprint density at radius 2 is 2.23 bits per heavy atom. The summed E-state index contributed by atoms with van der Waals surface area (Å²) in [6, 6.07) is 1.38. The average Bonchev–Trinajstić information content (AvgIpc) is 2.72. The van der Waals surface area contributed by atoms with E-state index in [1.807, 2.05) is 0 Å². The molecule has 1 fully saturated rings. The standard InChI is InChI=1S/C11H16N3O7P/c1-20-9-8(15)6(3-5-22(17,18)19)21-10(9)14-4-2-7(12)13-11(14)16/h2-6,8-10,15H,1H3,(H2,12,13,16)(H2,17,18,19)/b5-3+. The molecule has 1 aliphatic rings. The Balaban J connectivity index is 2.31. The number of nitrogen functional groups attached to an aromatic ring is 1. The predicted molar refractivity (Wildman–Crippen MR) is 74.8 cm³/mol. The number of methoxy groups -OCH3 is 1. The van der Waals surface area contributed by atoms with Crippen molar-refractivity contribution >= 4 is 13.4 Å². The number of ether oxygens (including phenoxy) is 2. The minimum absolute atomic E-state index is 0.0340. The molecule has 4 unspecified atom stereocenters. The summed E-state index contributed by atoms with van der Waals surface area (Å²) in [6.45, 7) is 0. The van der Waals surface area contributed by atoms with E-state index in [2.05, 4.69) is 4.98 Å². The van der Waals surface area contributed by atoms with Crippen LogP contribution in [-0.2, 0) is 14.0 Å². The second kappa shape index (κ2) is 6.29. The maximum Gasteiger partial charge on any atom is 0.351 e. The van der Waals surface area contributed by atoms with Gasteiger partial charge in [-0.25, -0.2) is 4.79 Å². The van der Waals surface area contributed by atoms with E-state index in [9.17, 15) is 14.5 Å². The lowest BCUT2D eigenvalue weighted by Crippen LogP contribution is -2.36. The van der Waals surface area contributed by atoms with E-state index in [1.54, 1.807) is 0 Å². The topological polar surface area (TPSA) is 157 Å². The van der Waals surface area contributed by atoms with Crippen molar-refractivity contribution in [3.8, 4) is 0 Å². The SMILES string of the molecule is COC1C(O)C(/C=C/P(=O)(O)O)OC1n1ccc(N)nc1=O. The Morgan fingerprint density at radius 3 is 2.77 bits per heavy atom. The minimum Gasteiger partial charge on any atom is -0.387 e. The normalized spacial score (nSPS) is 29.3. The summed E-state index contributed by atoms with van der Waals surface area (Å²) in [5, 5.41) is 10.1. The van der Waals surface area contributed by atoms with E-state index in [-0.39, 0.29) is 5.82 Å². The van der Waals surface area contributed by atoms with E-state index >= 15 is 0 Å². The van der Waals surface area contributed by atoms with Crippen LogP contribution in [0.25, 0.3) is 0 Å². The van der Waals surface area contributed by atoms with Gasteiger partial charge in [0.05, 0.1) is 0 Å². The minimum atomic E-state index is -4.39. The molecule has 122 valence electrons. The molecule has 0 amide bonds. The zero-order valence-corrected chi connectivity index (χ0v) is 12.4. The van der Waals surface area contributed by atoms with Gasteiger partial charge < -0.3 is 30.1 Å². The molecule has 0 radical (unpaired) electrons. The Bertz CT molecular complexity index is 670. The molecule has 5 N–H and O–H groups in total. The number of nitrogens with two attached hydrogens (primary N) is 1. The number of aromatic nitrogens is 2. The van der Waals surface area contributed by atoms with Crippen LogP contribution in [0.15, 0.2) is 29.0 Å². The van der Waals surface area contributed by atoms with Crippen LogP contribution in [0.3, 0.4) is 0 Å². The van der Waals surface area contributed by atoms with Crippen LogP contribution in [0.5, 0.6) is 0 Å². The van der Waals surface area contributed by atoms with Gasteiger partial charge in [0, 0.05) is 19.1 Å². The first kappa shape index (κ1) is 16.8. The zero-order valence-electron chi connectivity index (χ0n) is 11.5. The van der Waals surface area contributed by atoms with Gasteiger partial charge in [0.25, 0.3) is 0 Å². The van der Waals surface area contributed by atoms with Gasteiger partial charge in [-0.1, -0.05) is 0 Å². The quantitative estimate of drug-likeness (QED) is 0.496. The second-order valence-electron chi connectivity index (χ2n) is 4.66. The van der Waals surface area contributed by atoms with Gasteiger partial charge in [-0.15, -0.1) is 0 Å². The van der Waals surface area contributed by atoms with Crippen molar-refractivity contribution < 1.29 is 28.9 Å². The molecule has 1 saturated heterocycles. The molecule has 22 heavy (non-hydrogen) atoms. The summed E-state index contributed by atoms with van der Waals surface area (Å²) in [7, 11) is -3.08. The maximum atomic E-state index is 11.8. The van der Waals surface area contributed by atoms with Crippen molar-refractivity contribution in [1.29, 1.82) is 0 Å². The third-order valence-corrected chi connectivity index (χ3v) is 3.68. The summed E-state index contributed by atoms with van der Waals surface area (Å²) in [5.74, 6) is 0.659. The fourth-order valence-corrected chi connectivity index (χ4v) is 2.52. The van der Waals surface area contributed by atoms with E-state index in [1.165, 1.54) is 19.4 Å². The monoisotopic (exact) mass is 333 g/mol. The summed E-state index contributed by atoms with van der Waals surface area (Å²) >= 11 is 0. The zero-order chi connectivity index (χ0) is 16.5. The lowest BCUT2D eigenvalue weighted by atomic mass is 10.1. The first-order chi connectivity index (χ1) is 10.2. The summed E-state index contributed by atoms with van der Waals surface area (Å²) in [5.41, 5.74) is 4.70. The van der Waals surface area contributed by atoms with Crippen LogP contribution in [-0.4, -0.2) is 49.9 Å². The van der Waals surface area contributed by atoms with Gasteiger partial charge in [0.2, 0.25) is 0 Å². The Hall–Kier alpha value is -1.55. The molecule has 1 aromatic rings. The fourth-order valence-electron chi connectivity index (χ4n) is 2.13. The molecule has 0 aromatic carbocycles. The number of rotatable bonds is 4. The molecular formula is C11H16N3O7P. The molecular weight excluding hydrogens is 317 g/mol. The summed E-state index contributed by atoms with van der Waals surface area (Å²) in [6.07, 6.45) is -1.83. The summed E-state index contributed by atoms with van der Waals surface area (Å²) < 4.78 is 22.5. The van der Waals surface area contributed by atoms with Gasteiger partial charge >= 0.3 is 13.3 Å². The Labute approximate surface area is 125 Å². The van der Waals surface area contributed by atoms with Crippen molar-refractivity contribution in [2.24, 2.45) is 0 Å². The van der Waals surface area contributed by atoms with Crippen molar-refractivity contribution in [3.05, 3.63) is 34.6 Å². The number of nitrogens with zero attached hydrogens (tertiary/aromatic N) is 2. The molecule has 11 heteroatoms. The van der Waals surface area contributed by atoms with Crippen molar-refractivity contribution in [2.45, 2.75) is 24.5 Å². The van der Waals surface area contributed by atoms with E-state index in [0.717, 1.165) is 10.6 Å². The highest BCUT2D eigenvalue weighted by atomic mass is 31.2. The van der Waals surface area contributed by atoms with Crippen molar-refractivity contribution in [2.75, 3.05) is 12.8 Å². The number of aliphatic hydroxyl groups is 1. The lowest BCUT2D eigenvalue weighted by Gasteiger charge is -2.20. The molecule has 2 rings (SSSR count). The maximum absolute atomic E-state index is 11.8.